The number of rotatable bonds is 3. The lowest BCUT2D eigenvalue weighted by Crippen LogP contribution is -2.15. The predicted octanol–water partition coefficient (Wildman–Crippen LogP) is 1.50. The van der Waals surface area contributed by atoms with E-state index in [0.29, 0.717) is 0 Å². The Kier molecular flexibility index (Phi) is 3.33. The third kappa shape index (κ3) is 2.51. The van der Waals surface area contributed by atoms with Gasteiger partial charge in [0.05, 0.1) is 0 Å². The summed E-state index contributed by atoms with van der Waals surface area (Å²) in [6.07, 6.45) is 1.36. The number of hydrogen-bond acceptors (Lipinski definition) is 5. The molecule has 0 amide bonds. The normalized spacial score (nSPS) is 11.3. The first-order valence-electron chi connectivity index (χ1n) is 4.94. The van der Waals surface area contributed by atoms with Crippen LogP contribution in [0.1, 0.15) is 5.69 Å². The summed E-state index contributed by atoms with van der Waals surface area (Å²) in [5, 5.41) is 11.3. The maximum atomic E-state index is 13.3. The Morgan fingerprint density at radius 3 is 2.83 bits per heavy atom. The van der Waals surface area contributed by atoms with Gasteiger partial charge in [-0.15, -0.1) is 0 Å². The number of nitrogens with zero attached hydrogens (tertiary/aromatic N) is 3. The molecule has 0 radical (unpaired) electrons. The average molecular weight is 248 g/mol. The number of benzene rings is 1. The number of amidine groups is 1. The first-order valence-corrected chi connectivity index (χ1v) is 4.94. The molecule has 1 heterocycles. The molecule has 0 spiro atoms. The minimum Gasteiger partial charge on any atom is -0.421 e. The van der Waals surface area contributed by atoms with Gasteiger partial charge in [0.2, 0.25) is 0 Å². The van der Waals surface area contributed by atoms with Crippen molar-refractivity contribution in [3.63, 3.8) is 0 Å². The molecule has 0 aliphatic carbocycles. The minimum absolute atomic E-state index is 0.00541. The quantitative estimate of drug-likeness (QED) is 0.371. The molecule has 6 nitrogen and oxygen atoms in total. The zero-order valence-electron chi connectivity index (χ0n) is 9.12. The lowest BCUT2D eigenvalue weighted by atomic mass is 10.3. The van der Waals surface area contributed by atoms with Crippen LogP contribution in [0.3, 0.4) is 0 Å². The summed E-state index contributed by atoms with van der Waals surface area (Å²) < 4.78 is 18.5. The van der Waals surface area contributed by atoms with E-state index in [9.17, 15) is 4.39 Å². The average Bonchev–Trinajstić information content (AvgIpc) is 2.41. The summed E-state index contributed by atoms with van der Waals surface area (Å²) in [4.78, 5) is 7.66. The standard InChI is InChI=1S/C11H9FN4O2/c12-7-3-1-2-4-9(7)18-11-14-6-5-8(15-11)10(13)16-17/h1-6,17H,(H2,13,16). The highest BCUT2D eigenvalue weighted by atomic mass is 19.1. The molecule has 1 aromatic heterocycles. The minimum atomic E-state index is -0.532. The smallest absolute Gasteiger partial charge is 0.322 e. The molecule has 0 saturated carbocycles. The third-order valence-electron chi connectivity index (χ3n) is 2.04. The molecule has 7 heteroatoms. The summed E-state index contributed by atoms with van der Waals surface area (Å²) in [5.41, 5.74) is 5.55. The van der Waals surface area contributed by atoms with E-state index >= 15 is 0 Å². The van der Waals surface area contributed by atoms with E-state index in [1.807, 2.05) is 0 Å². The first-order chi connectivity index (χ1) is 8.70. The van der Waals surface area contributed by atoms with Crippen LogP contribution in [-0.2, 0) is 0 Å². The maximum Gasteiger partial charge on any atom is 0.322 e. The molecule has 0 saturated heterocycles. The number of nitrogens with two attached hydrogens (primary N) is 1. The van der Waals surface area contributed by atoms with Crippen molar-refractivity contribution in [2.45, 2.75) is 0 Å². The number of aromatic nitrogens is 2. The van der Waals surface area contributed by atoms with Crippen LogP contribution in [0.5, 0.6) is 11.8 Å². The van der Waals surface area contributed by atoms with Crippen molar-refractivity contribution in [2.75, 3.05) is 0 Å². The number of oxime groups is 1. The lowest BCUT2D eigenvalue weighted by Gasteiger charge is -2.05. The van der Waals surface area contributed by atoms with E-state index in [2.05, 4.69) is 15.1 Å². The fraction of sp³-hybridized carbons (Fsp3) is 0. The molecule has 2 aromatic rings. The highest BCUT2D eigenvalue weighted by Gasteiger charge is 2.08. The second kappa shape index (κ2) is 5.09. The van der Waals surface area contributed by atoms with Gasteiger partial charge in [-0.2, -0.15) is 4.98 Å². The number of halogens is 1. The van der Waals surface area contributed by atoms with Gasteiger partial charge in [0.15, 0.2) is 17.4 Å². The van der Waals surface area contributed by atoms with Gasteiger partial charge in [-0.3, -0.25) is 0 Å². The van der Waals surface area contributed by atoms with Gasteiger partial charge in [-0.25, -0.2) is 9.37 Å². The molecule has 0 aliphatic heterocycles. The SMILES string of the molecule is N/C(=N/O)c1ccnc(Oc2ccccc2F)n1. The fourth-order valence-electron chi connectivity index (χ4n) is 1.21. The van der Waals surface area contributed by atoms with Crippen LogP contribution in [0.25, 0.3) is 0 Å². The van der Waals surface area contributed by atoms with Gasteiger partial charge in [0, 0.05) is 6.20 Å². The van der Waals surface area contributed by atoms with Crippen LogP contribution in [0.4, 0.5) is 4.39 Å². The molecule has 0 atom stereocenters. The monoisotopic (exact) mass is 248 g/mol. The molecular weight excluding hydrogens is 239 g/mol. The lowest BCUT2D eigenvalue weighted by molar-refractivity contribution is 0.318. The van der Waals surface area contributed by atoms with Gasteiger partial charge in [-0.05, 0) is 18.2 Å². The molecular formula is C11H9FN4O2. The van der Waals surface area contributed by atoms with E-state index < -0.39 is 5.82 Å². The molecule has 92 valence electrons. The van der Waals surface area contributed by atoms with Crippen molar-refractivity contribution >= 4 is 5.84 Å². The van der Waals surface area contributed by atoms with Crippen molar-refractivity contribution in [3.05, 3.63) is 48.0 Å². The van der Waals surface area contributed by atoms with E-state index in [1.54, 1.807) is 6.07 Å². The van der Waals surface area contributed by atoms with Gasteiger partial charge in [0.25, 0.3) is 0 Å². The first kappa shape index (κ1) is 11.8. The third-order valence-corrected chi connectivity index (χ3v) is 2.04. The Morgan fingerprint density at radius 2 is 2.11 bits per heavy atom. The molecule has 0 unspecified atom stereocenters. The summed E-state index contributed by atoms with van der Waals surface area (Å²) in [6, 6.07) is 7.19. The Hall–Kier alpha value is -2.70. The van der Waals surface area contributed by atoms with Crippen LogP contribution in [0.15, 0.2) is 41.7 Å². The van der Waals surface area contributed by atoms with Crippen molar-refractivity contribution in [1.82, 2.24) is 9.97 Å². The second-order valence-electron chi connectivity index (χ2n) is 3.24. The molecule has 2 rings (SSSR count). The topological polar surface area (TPSA) is 93.6 Å². The number of hydrogen-bond donors (Lipinski definition) is 2. The molecule has 1 aromatic carbocycles. The zero-order valence-corrected chi connectivity index (χ0v) is 9.12. The summed E-state index contributed by atoms with van der Waals surface area (Å²) in [7, 11) is 0. The largest absolute Gasteiger partial charge is 0.421 e. The zero-order chi connectivity index (χ0) is 13.0. The molecule has 3 N–H and O–H groups in total. The Bertz CT molecular complexity index is 589. The molecule has 0 fully saturated rings. The van der Waals surface area contributed by atoms with E-state index in [-0.39, 0.29) is 23.3 Å². The van der Waals surface area contributed by atoms with Gasteiger partial charge >= 0.3 is 6.01 Å². The van der Waals surface area contributed by atoms with Crippen LogP contribution in [0, 0.1) is 5.82 Å². The Morgan fingerprint density at radius 1 is 1.33 bits per heavy atom. The van der Waals surface area contributed by atoms with Gasteiger partial charge in [0.1, 0.15) is 5.69 Å². The number of para-hydroxylation sites is 1. The van der Waals surface area contributed by atoms with Crippen LogP contribution in [-0.4, -0.2) is 21.0 Å². The summed E-state index contributed by atoms with van der Waals surface area (Å²) in [6.45, 7) is 0. The summed E-state index contributed by atoms with van der Waals surface area (Å²) >= 11 is 0. The van der Waals surface area contributed by atoms with E-state index in [4.69, 9.17) is 15.7 Å². The van der Waals surface area contributed by atoms with Gasteiger partial charge in [-0.1, -0.05) is 17.3 Å². The van der Waals surface area contributed by atoms with Crippen LogP contribution >= 0.6 is 0 Å². The van der Waals surface area contributed by atoms with Crippen molar-refractivity contribution in [1.29, 1.82) is 0 Å². The highest BCUT2D eigenvalue weighted by Crippen LogP contribution is 2.20. The Balaban J connectivity index is 2.28. The summed E-state index contributed by atoms with van der Waals surface area (Å²) in [5.74, 6) is -0.722. The molecule has 0 bridgehead atoms. The van der Waals surface area contributed by atoms with Crippen molar-refractivity contribution < 1.29 is 14.3 Å². The van der Waals surface area contributed by atoms with E-state index in [1.165, 1.54) is 30.5 Å². The predicted molar refractivity (Wildman–Crippen MR) is 61.0 cm³/mol. The maximum absolute atomic E-state index is 13.3. The molecule has 18 heavy (non-hydrogen) atoms. The molecule has 0 aliphatic rings. The van der Waals surface area contributed by atoms with Gasteiger partial charge < -0.3 is 15.7 Å². The van der Waals surface area contributed by atoms with Crippen molar-refractivity contribution in [2.24, 2.45) is 10.9 Å². The van der Waals surface area contributed by atoms with Crippen LogP contribution < -0.4 is 10.5 Å². The van der Waals surface area contributed by atoms with Crippen molar-refractivity contribution in [3.8, 4) is 11.8 Å². The fourth-order valence-corrected chi connectivity index (χ4v) is 1.21. The van der Waals surface area contributed by atoms with Crippen LogP contribution in [0.2, 0.25) is 0 Å². The van der Waals surface area contributed by atoms with E-state index in [0.717, 1.165) is 0 Å². The second-order valence-corrected chi connectivity index (χ2v) is 3.24. The number of ether oxygens (including phenoxy) is 1. The Labute approximate surface area is 102 Å². The highest BCUT2D eigenvalue weighted by molar-refractivity contribution is 5.95.